The number of hydrogen-bond donors (Lipinski definition) is 2. The minimum Gasteiger partial charge on any atom is -0.351 e. The molecule has 27 heavy (non-hydrogen) atoms. The van der Waals surface area contributed by atoms with Gasteiger partial charge in [0.25, 0.3) is 5.91 Å². The van der Waals surface area contributed by atoms with Gasteiger partial charge >= 0.3 is 0 Å². The maximum Gasteiger partial charge on any atom is 0.251 e. The zero-order chi connectivity index (χ0) is 20.4. The summed E-state index contributed by atoms with van der Waals surface area (Å²) in [5.41, 5.74) is 2.06. The summed E-state index contributed by atoms with van der Waals surface area (Å²) in [5.74, 6) is -0.292. The van der Waals surface area contributed by atoms with Gasteiger partial charge in [0.1, 0.15) is 0 Å². The van der Waals surface area contributed by atoms with Gasteiger partial charge in [-0.1, -0.05) is 49.2 Å². The maximum absolute atomic E-state index is 12.5. The summed E-state index contributed by atoms with van der Waals surface area (Å²) in [6, 6.07) is 10.3. The van der Waals surface area contributed by atoms with E-state index in [4.69, 9.17) is 23.2 Å². The van der Waals surface area contributed by atoms with Gasteiger partial charge in [-0.15, -0.1) is 0 Å². The predicted molar refractivity (Wildman–Crippen MR) is 111 cm³/mol. The molecule has 0 aliphatic rings. The van der Waals surface area contributed by atoms with Crippen molar-refractivity contribution in [3.05, 3.63) is 63.1 Å². The molecule has 0 aliphatic heterocycles. The van der Waals surface area contributed by atoms with E-state index in [9.17, 15) is 13.2 Å². The third-order valence-electron chi connectivity index (χ3n) is 4.19. The molecule has 0 atom stereocenters. The smallest absolute Gasteiger partial charge is 0.251 e. The lowest BCUT2D eigenvalue weighted by Crippen LogP contribution is -2.36. The number of hydrogen-bond acceptors (Lipinski definition) is 3. The summed E-state index contributed by atoms with van der Waals surface area (Å²) in [7, 11) is -3.43. The van der Waals surface area contributed by atoms with Gasteiger partial charge in [-0.05, 0) is 42.3 Å². The van der Waals surface area contributed by atoms with E-state index >= 15 is 0 Å². The molecule has 0 bridgehead atoms. The van der Waals surface area contributed by atoms with Crippen molar-refractivity contribution < 1.29 is 13.2 Å². The van der Waals surface area contributed by atoms with Crippen molar-refractivity contribution in [1.82, 2.24) is 5.32 Å². The van der Waals surface area contributed by atoms with Crippen molar-refractivity contribution in [3.63, 3.8) is 0 Å². The van der Waals surface area contributed by atoms with Crippen LogP contribution in [0.5, 0.6) is 0 Å². The number of nitrogens with one attached hydrogen (secondary N) is 2. The average molecular weight is 429 g/mol. The van der Waals surface area contributed by atoms with Crippen LogP contribution < -0.4 is 10.0 Å². The van der Waals surface area contributed by atoms with Crippen molar-refractivity contribution in [3.8, 4) is 0 Å². The summed E-state index contributed by atoms with van der Waals surface area (Å²) >= 11 is 12.0. The van der Waals surface area contributed by atoms with Crippen LogP contribution in [0.2, 0.25) is 10.0 Å². The number of carbonyl (C=O) groups excluding carboxylic acids is 1. The Balaban J connectivity index is 2.15. The highest BCUT2D eigenvalue weighted by Crippen LogP contribution is 2.29. The lowest BCUT2D eigenvalue weighted by molar-refractivity contribution is 0.0945. The molecule has 0 saturated carbocycles. The fraction of sp³-hybridized carbons (Fsp3) is 0.316. The van der Waals surface area contributed by atoms with Crippen LogP contribution in [0.15, 0.2) is 36.4 Å². The van der Waals surface area contributed by atoms with E-state index in [2.05, 4.69) is 10.0 Å². The van der Waals surface area contributed by atoms with E-state index in [-0.39, 0.29) is 11.3 Å². The number of carbonyl (C=O) groups is 1. The van der Waals surface area contributed by atoms with E-state index in [0.29, 0.717) is 27.8 Å². The van der Waals surface area contributed by atoms with Crippen LogP contribution in [0.1, 0.15) is 35.3 Å². The Morgan fingerprint density at radius 3 is 2.33 bits per heavy atom. The highest BCUT2D eigenvalue weighted by atomic mass is 35.5. The molecule has 2 aromatic rings. The van der Waals surface area contributed by atoms with Crippen molar-refractivity contribution in [2.24, 2.45) is 0 Å². The van der Waals surface area contributed by atoms with Gasteiger partial charge in [0.15, 0.2) is 0 Å². The number of sulfonamides is 1. The molecule has 0 saturated heterocycles. The Morgan fingerprint density at radius 1 is 1.07 bits per heavy atom. The normalized spacial score (nSPS) is 11.9. The summed E-state index contributed by atoms with van der Waals surface area (Å²) in [6.45, 7) is 6.10. The SMILES string of the molecule is Cc1ccc(C(=O)NCC(C)(C)c2ccc(Cl)c(Cl)c2)cc1NS(C)(=O)=O. The Labute approximate surface area is 170 Å². The van der Waals surface area contributed by atoms with Gasteiger partial charge in [-0.3, -0.25) is 9.52 Å². The molecule has 0 spiro atoms. The van der Waals surface area contributed by atoms with Gasteiger partial charge in [0.2, 0.25) is 10.0 Å². The van der Waals surface area contributed by atoms with Crippen LogP contribution in [0.3, 0.4) is 0 Å². The zero-order valence-electron chi connectivity index (χ0n) is 15.6. The molecular weight excluding hydrogens is 407 g/mol. The number of aryl methyl sites for hydroxylation is 1. The second kappa shape index (κ2) is 8.09. The molecule has 1 amide bonds. The molecular formula is C19H22Cl2N2O3S. The van der Waals surface area contributed by atoms with Crippen molar-refractivity contribution in [2.45, 2.75) is 26.2 Å². The molecule has 0 fully saturated rings. The Morgan fingerprint density at radius 2 is 1.74 bits per heavy atom. The largest absolute Gasteiger partial charge is 0.351 e. The molecule has 8 heteroatoms. The van der Waals surface area contributed by atoms with Gasteiger partial charge in [0, 0.05) is 17.5 Å². The van der Waals surface area contributed by atoms with E-state index in [1.54, 1.807) is 31.2 Å². The minimum absolute atomic E-state index is 0.292. The highest BCUT2D eigenvalue weighted by Gasteiger charge is 2.23. The Kier molecular flexibility index (Phi) is 6.45. The first kappa shape index (κ1) is 21.5. The lowest BCUT2D eigenvalue weighted by Gasteiger charge is -2.26. The minimum atomic E-state index is -3.43. The monoisotopic (exact) mass is 428 g/mol. The Hall–Kier alpha value is -1.76. The Bertz CT molecular complexity index is 973. The topological polar surface area (TPSA) is 75.3 Å². The quantitative estimate of drug-likeness (QED) is 0.716. The average Bonchev–Trinajstić information content (AvgIpc) is 2.56. The molecule has 0 radical (unpaired) electrons. The van der Waals surface area contributed by atoms with Gasteiger partial charge in [0.05, 0.1) is 22.0 Å². The number of benzene rings is 2. The number of halogens is 2. The molecule has 0 heterocycles. The number of anilines is 1. The van der Waals surface area contributed by atoms with E-state index in [1.165, 1.54) is 6.07 Å². The summed E-state index contributed by atoms with van der Waals surface area (Å²) in [5, 5.41) is 3.83. The zero-order valence-corrected chi connectivity index (χ0v) is 17.9. The standard InChI is InChI=1S/C19H22Cl2N2O3S/c1-12-5-6-13(9-17(12)23-27(4,25)26)18(24)22-11-19(2,3)14-7-8-15(20)16(21)10-14/h5-10,23H,11H2,1-4H3,(H,22,24). The second-order valence-electron chi connectivity index (χ2n) is 7.10. The van der Waals surface area contributed by atoms with Crippen molar-refractivity contribution in [1.29, 1.82) is 0 Å². The first-order chi connectivity index (χ1) is 12.4. The van der Waals surface area contributed by atoms with Crippen molar-refractivity contribution in [2.75, 3.05) is 17.5 Å². The molecule has 0 aromatic heterocycles. The van der Waals surface area contributed by atoms with Gasteiger partial charge in [-0.25, -0.2) is 8.42 Å². The fourth-order valence-electron chi connectivity index (χ4n) is 2.50. The second-order valence-corrected chi connectivity index (χ2v) is 9.66. The molecule has 0 unspecified atom stereocenters. The summed E-state index contributed by atoms with van der Waals surface area (Å²) in [6.07, 6.45) is 1.07. The van der Waals surface area contributed by atoms with Gasteiger partial charge < -0.3 is 5.32 Å². The van der Waals surface area contributed by atoms with Crippen LogP contribution in [-0.2, 0) is 15.4 Å². The predicted octanol–water partition coefficient (Wildman–Crippen LogP) is 4.38. The first-order valence-corrected chi connectivity index (χ1v) is 10.9. The maximum atomic E-state index is 12.5. The highest BCUT2D eigenvalue weighted by molar-refractivity contribution is 7.92. The number of rotatable bonds is 6. The van der Waals surface area contributed by atoms with Crippen LogP contribution >= 0.6 is 23.2 Å². The van der Waals surface area contributed by atoms with E-state index < -0.39 is 10.0 Å². The lowest BCUT2D eigenvalue weighted by atomic mass is 9.84. The van der Waals surface area contributed by atoms with Crippen LogP contribution in [0, 0.1) is 6.92 Å². The van der Waals surface area contributed by atoms with Gasteiger partial charge in [-0.2, -0.15) is 0 Å². The fourth-order valence-corrected chi connectivity index (χ4v) is 3.41. The van der Waals surface area contributed by atoms with E-state index in [1.807, 2.05) is 19.9 Å². The molecule has 2 rings (SSSR count). The van der Waals surface area contributed by atoms with Crippen LogP contribution in [-0.4, -0.2) is 27.1 Å². The molecule has 5 nitrogen and oxygen atoms in total. The third kappa shape index (κ3) is 5.86. The molecule has 146 valence electrons. The van der Waals surface area contributed by atoms with Crippen molar-refractivity contribution >= 4 is 44.8 Å². The molecule has 2 aromatic carbocycles. The first-order valence-electron chi connectivity index (χ1n) is 8.21. The van der Waals surface area contributed by atoms with Crippen LogP contribution in [0.25, 0.3) is 0 Å². The molecule has 2 N–H and O–H groups in total. The third-order valence-corrected chi connectivity index (χ3v) is 5.52. The summed E-state index contributed by atoms with van der Waals surface area (Å²) < 4.78 is 25.4. The molecule has 0 aliphatic carbocycles. The van der Waals surface area contributed by atoms with E-state index in [0.717, 1.165) is 17.4 Å². The summed E-state index contributed by atoms with van der Waals surface area (Å²) in [4.78, 5) is 12.5. The van der Waals surface area contributed by atoms with Crippen LogP contribution in [0.4, 0.5) is 5.69 Å². The number of amides is 1.